The highest BCUT2D eigenvalue weighted by Crippen LogP contribution is 2.10. The van der Waals surface area contributed by atoms with E-state index in [0.29, 0.717) is 29.6 Å². The van der Waals surface area contributed by atoms with E-state index in [4.69, 9.17) is 0 Å². The van der Waals surface area contributed by atoms with Crippen LogP contribution >= 0.6 is 0 Å². The predicted molar refractivity (Wildman–Crippen MR) is 106 cm³/mol. The van der Waals surface area contributed by atoms with Crippen molar-refractivity contribution in [3.63, 3.8) is 0 Å². The topological polar surface area (TPSA) is 87.2 Å². The Balaban J connectivity index is 1.72. The number of nitrogens with zero attached hydrogens (tertiary/aromatic N) is 2. The third-order valence-electron chi connectivity index (χ3n) is 5.14. The molecule has 1 fully saturated rings. The molecule has 2 heterocycles. The van der Waals surface area contributed by atoms with E-state index in [1.807, 2.05) is 0 Å². The molecule has 1 aromatic carbocycles. The largest absolute Gasteiger partial charge is 0.351 e. The molecule has 3 rings (SSSR count). The minimum absolute atomic E-state index is 0.191. The number of hydrogen-bond donors (Lipinski definition) is 2. The molecule has 0 radical (unpaired) electrons. The van der Waals surface area contributed by atoms with Crippen molar-refractivity contribution in [2.24, 2.45) is 0 Å². The first kappa shape index (κ1) is 19.4. The predicted octanol–water partition coefficient (Wildman–Crippen LogP) is 1.71. The fourth-order valence-corrected chi connectivity index (χ4v) is 3.55. The molecule has 0 atom stereocenters. The van der Waals surface area contributed by atoms with Crippen LogP contribution in [0.5, 0.6) is 0 Å². The average Bonchev–Trinajstić information content (AvgIpc) is 3.17. The van der Waals surface area contributed by atoms with Gasteiger partial charge in [-0.05, 0) is 50.6 Å². The van der Waals surface area contributed by atoms with E-state index in [-0.39, 0.29) is 11.5 Å². The third kappa shape index (κ3) is 4.66. The Morgan fingerprint density at radius 3 is 2.67 bits per heavy atom. The number of unbranched alkanes of at least 4 members (excludes halogenated alkanes) is 2. The van der Waals surface area contributed by atoms with Crippen molar-refractivity contribution >= 4 is 16.8 Å². The van der Waals surface area contributed by atoms with Crippen LogP contribution in [0, 0.1) is 0 Å². The van der Waals surface area contributed by atoms with Crippen LogP contribution in [0.15, 0.2) is 27.8 Å². The summed E-state index contributed by atoms with van der Waals surface area (Å²) in [6, 6.07) is 4.85. The Kier molecular flexibility index (Phi) is 6.45. The standard InChI is InChI=1S/C20H28N4O3/c1-2-3-4-12-24-19(26)16-8-7-15(14-17(16)22-20(24)27)18(25)21-9-13-23-10-5-6-11-23/h7-8,14H,2-6,9-13H2,1H3,(H,21,25)(H,22,27). The second-order valence-electron chi connectivity index (χ2n) is 7.16. The van der Waals surface area contributed by atoms with E-state index >= 15 is 0 Å². The summed E-state index contributed by atoms with van der Waals surface area (Å²) in [6.45, 7) is 6.11. The molecule has 0 bridgehead atoms. The lowest BCUT2D eigenvalue weighted by Crippen LogP contribution is -2.35. The number of aromatic amines is 1. The number of likely N-dealkylation sites (tertiary alicyclic amines) is 1. The van der Waals surface area contributed by atoms with Gasteiger partial charge in [0.2, 0.25) is 0 Å². The van der Waals surface area contributed by atoms with Gasteiger partial charge in [-0.25, -0.2) is 4.79 Å². The summed E-state index contributed by atoms with van der Waals surface area (Å²) < 4.78 is 1.24. The van der Waals surface area contributed by atoms with Gasteiger partial charge in [-0.2, -0.15) is 0 Å². The fourth-order valence-electron chi connectivity index (χ4n) is 3.55. The number of aromatic nitrogens is 2. The van der Waals surface area contributed by atoms with E-state index in [1.54, 1.807) is 18.2 Å². The Morgan fingerprint density at radius 2 is 1.93 bits per heavy atom. The van der Waals surface area contributed by atoms with Crippen LogP contribution in [0.4, 0.5) is 0 Å². The Morgan fingerprint density at radius 1 is 1.15 bits per heavy atom. The summed E-state index contributed by atoms with van der Waals surface area (Å²) in [5.74, 6) is -0.191. The number of carbonyl (C=O) groups is 1. The molecule has 2 aromatic rings. The SMILES string of the molecule is CCCCCn1c(=O)[nH]c2cc(C(=O)NCCN3CCCC3)ccc2c1=O. The molecule has 0 aliphatic carbocycles. The van der Waals surface area contributed by atoms with Crippen LogP contribution in [-0.4, -0.2) is 46.5 Å². The van der Waals surface area contributed by atoms with Gasteiger partial charge in [-0.3, -0.25) is 14.2 Å². The lowest BCUT2D eigenvalue weighted by Gasteiger charge is -2.14. The van der Waals surface area contributed by atoms with Gasteiger partial charge in [0.25, 0.3) is 11.5 Å². The van der Waals surface area contributed by atoms with Crippen LogP contribution in [0.1, 0.15) is 49.4 Å². The van der Waals surface area contributed by atoms with E-state index in [1.165, 1.54) is 17.4 Å². The molecular formula is C20H28N4O3. The van der Waals surface area contributed by atoms with Crippen molar-refractivity contribution in [1.29, 1.82) is 0 Å². The molecule has 0 spiro atoms. The van der Waals surface area contributed by atoms with E-state index in [9.17, 15) is 14.4 Å². The van der Waals surface area contributed by atoms with E-state index in [0.717, 1.165) is 38.9 Å². The Bertz CT molecular complexity index is 910. The van der Waals surface area contributed by atoms with Crippen molar-refractivity contribution in [1.82, 2.24) is 19.8 Å². The highest BCUT2D eigenvalue weighted by molar-refractivity contribution is 5.97. The monoisotopic (exact) mass is 372 g/mol. The lowest BCUT2D eigenvalue weighted by atomic mass is 10.1. The number of hydrogen-bond acceptors (Lipinski definition) is 4. The number of benzene rings is 1. The molecule has 0 unspecified atom stereocenters. The van der Waals surface area contributed by atoms with Gasteiger partial charge in [0.05, 0.1) is 10.9 Å². The van der Waals surface area contributed by atoms with Crippen molar-refractivity contribution < 1.29 is 4.79 Å². The van der Waals surface area contributed by atoms with Crippen LogP contribution in [-0.2, 0) is 6.54 Å². The highest BCUT2D eigenvalue weighted by atomic mass is 16.2. The summed E-state index contributed by atoms with van der Waals surface area (Å²) in [4.78, 5) is 42.3. The molecule has 27 heavy (non-hydrogen) atoms. The number of carbonyl (C=O) groups excluding carboxylic acids is 1. The van der Waals surface area contributed by atoms with Crippen molar-refractivity contribution in [2.75, 3.05) is 26.2 Å². The van der Waals surface area contributed by atoms with Crippen LogP contribution in [0.2, 0.25) is 0 Å². The first-order chi connectivity index (χ1) is 13.1. The molecule has 1 aliphatic heterocycles. The third-order valence-corrected chi connectivity index (χ3v) is 5.14. The smallest absolute Gasteiger partial charge is 0.328 e. The van der Waals surface area contributed by atoms with Crippen molar-refractivity contribution in [3.05, 3.63) is 44.6 Å². The molecule has 1 aromatic heterocycles. The summed E-state index contributed by atoms with van der Waals surface area (Å²) >= 11 is 0. The maximum atomic E-state index is 12.6. The molecule has 146 valence electrons. The minimum Gasteiger partial charge on any atom is -0.351 e. The molecule has 1 saturated heterocycles. The quantitative estimate of drug-likeness (QED) is 0.691. The molecule has 7 nitrogen and oxygen atoms in total. The van der Waals surface area contributed by atoms with Gasteiger partial charge in [0, 0.05) is 25.2 Å². The zero-order valence-corrected chi connectivity index (χ0v) is 15.9. The first-order valence-electron chi connectivity index (χ1n) is 9.87. The Labute approximate surface area is 158 Å². The van der Waals surface area contributed by atoms with Gasteiger partial charge >= 0.3 is 5.69 Å². The number of H-pyrrole nitrogens is 1. The fraction of sp³-hybridized carbons (Fsp3) is 0.550. The maximum Gasteiger partial charge on any atom is 0.328 e. The van der Waals surface area contributed by atoms with Crippen LogP contribution in [0.25, 0.3) is 10.9 Å². The summed E-state index contributed by atoms with van der Waals surface area (Å²) in [7, 11) is 0. The summed E-state index contributed by atoms with van der Waals surface area (Å²) in [5, 5.41) is 3.34. The van der Waals surface area contributed by atoms with Gasteiger partial charge in [-0.1, -0.05) is 19.8 Å². The van der Waals surface area contributed by atoms with Gasteiger partial charge in [-0.15, -0.1) is 0 Å². The van der Waals surface area contributed by atoms with Gasteiger partial charge in [0.15, 0.2) is 0 Å². The van der Waals surface area contributed by atoms with Crippen LogP contribution in [0.3, 0.4) is 0 Å². The molecule has 1 amide bonds. The maximum absolute atomic E-state index is 12.6. The molecule has 0 saturated carbocycles. The summed E-state index contributed by atoms with van der Waals surface area (Å²) in [5.41, 5.74) is 0.132. The zero-order valence-electron chi connectivity index (χ0n) is 15.9. The Hall–Kier alpha value is -2.41. The number of fused-ring (bicyclic) bond motifs is 1. The first-order valence-corrected chi connectivity index (χ1v) is 9.87. The lowest BCUT2D eigenvalue weighted by molar-refractivity contribution is 0.0950. The molecular weight excluding hydrogens is 344 g/mol. The second kappa shape index (κ2) is 8.99. The normalized spacial score (nSPS) is 14.7. The second-order valence-corrected chi connectivity index (χ2v) is 7.16. The van der Waals surface area contributed by atoms with E-state index in [2.05, 4.69) is 22.1 Å². The minimum atomic E-state index is -0.421. The highest BCUT2D eigenvalue weighted by Gasteiger charge is 2.13. The zero-order chi connectivity index (χ0) is 19.2. The molecule has 1 aliphatic rings. The number of amides is 1. The molecule has 7 heteroatoms. The van der Waals surface area contributed by atoms with E-state index < -0.39 is 5.69 Å². The molecule has 2 N–H and O–H groups in total. The number of nitrogens with one attached hydrogen (secondary N) is 2. The number of rotatable bonds is 8. The van der Waals surface area contributed by atoms with Crippen LogP contribution < -0.4 is 16.6 Å². The summed E-state index contributed by atoms with van der Waals surface area (Å²) in [6.07, 6.45) is 5.24. The van der Waals surface area contributed by atoms with Gasteiger partial charge < -0.3 is 15.2 Å². The average molecular weight is 372 g/mol. The van der Waals surface area contributed by atoms with Crippen molar-refractivity contribution in [3.8, 4) is 0 Å². The van der Waals surface area contributed by atoms with Crippen molar-refractivity contribution in [2.45, 2.75) is 45.6 Å². The van der Waals surface area contributed by atoms with Gasteiger partial charge in [0.1, 0.15) is 0 Å².